The quantitative estimate of drug-likeness (QED) is 0.204. The van der Waals surface area contributed by atoms with Gasteiger partial charge in [-0.2, -0.15) is 0 Å². The van der Waals surface area contributed by atoms with E-state index in [9.17, 15) is 31.1 Å². The molecule has 0 saturated carbocycles. The third-order valence-electron chi connectivity index (χ3n) is 4.14. The fraction of sp³-hybridized carbons (Fsp3) is 0.316. The van der Waals surface area contributed by atoms with Gasteiger partial charge < -0.3 is 9.47 Å². The maximum absolute atomic E-state index is 13.4. The summed E-state index contributed by atoms with van der Waals surface area (Å²) in [4.78, 5) is 13.4. The standard InChI is InChI=1S/C19H12Br4F6O3/c20-7-13(11-5-9(22)1-3-15(11)31-18(24,25)26)17(30)14(8-21)12-6-10(23)2-4-16(12)32-19(27,28)29/h1-6,13-14H,7-8H2. The van der Waals surface area contributed by atoms with Crippen LogP contribution >= 0.6 is 63.7 Å². The molecule has 0 fully saturated rings. The van der Waals surface area contributed by atoms with Crippen molar-refractivity contribution in [2.75, 3.05) is 10.7 Å². The Morgan fingerprint density at radius 1 is 0.750 bits per heavy atom. The smallest absolute Gasteiger partial charge is 0.405 e. The van der Waals surface area contributed by atoms with Crippen LogP contribution < -0.4 is 9.47 Å². The SMILES string of the molecule is O=C(C(CBr)c1cc(Br)ccc1OC(F)(F)F)C(CBr)c1cc(Br)ccc1OC(F)(F)F. The van der Waals surface area contributed by atoms with Gasteiger partial charge in [-0.25, -0.2) is 0 Å². The first-order valence-electron chi connectivity index (χ1n) is 8.51. The molecule has 3 nitrogen and oxygen atoms in total. The van der Waals surface area contributed by atoms with Crippen LogP contribution in [0.5, 0.6) is 11.5 Å². The van der Waals surface area contributed by atoms with Gasteiger partial charge in [-0.1, -0.05) is 63.7 Å². The zero-order valence-electron chi connectivity index (χ0n) is 15.5. The second-order valence-corrected chi connectivity index (χ2v) is 9.40. The molecule has 176 valence electrons. The average Bonchev–Trinajstić information content (AvgIpc) is 2.65. The maximum atomic E-state index is 13.4. The van der Waals surface area contributed by atoms with E-state index in [1.165, 1.54) is 24.3 Å². The molecule has 13 heteroatoms. The van der Waals surface area contributed by atoms with Crippen LogP contribution in [0.3, 0.4) is 0 Å². The van der Waals surface area contributed by atoms with Crippen molar-refractivity contribution in [1.29, 1.82) is 0 Å². The van der Waals surface area contributed by atoms with Gasteiger partial charge in [-0.3, -0.25) is 4.79 Å². The van der Waals surface area contributed by atoms with Gasteiger partial charge in [-0.15, -0.1) is 26.3 Å². The average molecular weight is 722 g/mol. The molecule has 2 atom stereocenters. The molecule has 0 aliphatic carbocycles. The third kappa shape index (κ3) is 7.63. The molecule has 0 N–H and O–H groups in total. The summed E-state index contributed by atoms with van der Waals surface area (Å²) >= 11 is 12.6. The largest absolute Gasteiger partial charge is 0.573 e. The number of ether oxygens (including phenoxy) is 2. The molecule has 2 rings (SSSR count). The minimum absolute atomic E-state index is 0.0854. The van der Waals surface area contributed by atoms with Crippen LogP contribution in [0.1, 0.15) is 23.0 Å². The molecule has 0 aliphatic rings. The zero-order chi connectivity index (χ0) is 24.3. The highest BCUT2D eigenvalue weighted by atomic mass is 79.9. The Morgan fingerprint density at radius 2 is 1.09 bits per heavy atom. The van der Waals surface area contributed by atoms with E-state index in [1.54, 1.807) is 0 Å². The second kappa shape index (κ2) is 11.1. The van der Waals surface area contributed by atoms with Gasteiger partial charge in [-0.05, 0) is 36.4 Å². The van der Waals surface area contributed by atoms with Crippen molar-refractivity contribution in [2.45, 2.75) is 24.6 Å². The van der Waals surface area contributed by atoms with Crippen LogP contribution in [0.25, 0.3) is 0 Å². The maximum Gasteiger partial charge on any atom is 0.573 e. The van der Waals surface area contributed by atoms with E-state index in [-0.39, 0.29) is 21.8 Å². The van der Waals surface area contributed by atoms with Crippen molar-refractivity contribution in [3.8, 4) is 11.5 Å². The first-order chi connectivity index (χ1) is 14.8. The summed E-state index contributed by atoms with van der Waals surface area (Å²) in [6.45, 7) is 0. The van der Waals surface area contributed by atoms with Crippen LogP contribution in [0, 0.1) is 0 Å². The van der Waals surface area contributed by atoms with Crippen molar-refractivity contribution < 1.29 is 40.6 Å². The Morgan fingerprint density at radius 3 is 1.38 bits per heavy atom. The number of hydrogen-bond acceptors (Lipinski definition) is 3. The lowest BCUT2D eigenvalue weighted by molar-refractivity contribution is -0.275. The third-order valence-corrected chi connectivity index (χ3v) is 6.42. The second-order valence-electron chi connectivity index (χ2n) is 6.28. The van der Waals surface area contributed by atoms with Gasteiger partial charge in [0.25, 0.3) is 0 Å². The predicted molar refractivity (Wildman–Crippen MR) is 120 cm³/mol. The van der Waals surface area contributed by atoms with Crippen LogP contribution in [0.2, 0.25) is 0 Å². The first-order valence-corrected chi connectivity index (χ1v) is 12.3. The number of rotatable bonds is 8. The Kier molecular flexibility index (Phi) is 9.51. The van der Waals surface area contributed by atoms with E-state index >= 15 is 0 Å². The minimum atomic E-state index is -5.00. The Hall–Kier alpha value is -0.790. The Labute approximate surface area is 212 Å². The number of ketones is 1. The number of carbonyl (C=O) groups is 1. The van der Waals surface area contributed by atoms with E-state index in [1.807, 2.05) is 0 Å². The van der Waals surface area contributed by atoms with Crippen LogP contribution in [-0.2, 0) is 4.79 Å². The van der Waals surface area contributed by atoms with Crippen LogP contribution in [0.4, 0.5) is 26.3 Å². The molecule has 2 unspecified atom stereocenters. The normalized spacial score (nSPS) is 14.1. The lowest BCUT2D eigenvalue weighted by atomic mass is 9.85. The molecule has 0 aliphatic heterocycles. The summed E-state index contributed by atoms with van der Waals surface area (Å²) in [5.41, 5.74) is -0.171. The van der Waals surface area contributed by atoms with E-state index in [0.29, 0.717) is 8.95 Å². The number of Topliss-reactive ketones (excluding diaryl/α,β-unsaturated/α-hetero) is 1. The Bertz CT molecular complexity index is 890. The summed E-state index contributed by atoms with van der Waals surface area (Å²) in [5, 5.41) is -0.215. The van der Waals surface area contributed by atoms with E-state index in [0.717, 1.165) is 12.1 Å². The number of benzene rings is 2. The van der Waals surface area contributed by atoms with Gasteiger partial charge in [0.05, 0.1) is 11.8 Å². The van der Waals surface area contributed by atoms with Gasteiger partial charge in [0.2, 0.25) is 0 Å². The predicted octanol–water partition coefficient (Wildman–Crippen LogP) is 8.24. The van der Waals surface area contributed by atoms with Crippen molar-refractivity contribution in [2.24, 2.45) is 0 Å². The monoisotopic (exact) mass is 718 g/mol. The molecular weight excluding hydrogens is 710 g/mol. The topological polar surface area (TPSA) is 35.5 Å². The van der Waals surface area contributed by atoms with Gasteiger partial charge in [0.15, 0.2) is 0 Å². The highest BCUT2D eigenvalue weighted by Crippen LogP contribution is 2.41. The molecule has 2 aromatic carbocycles. The molecule has 0 bridgehead atoms. The van der Waals surface area contributed by atoms with E-state index < -0.39 is 41.8 Å². The first kappa shape index (κ1) is 27.5. The summed E-state index contributed by atoms with van der Waals surface area (Å²) in [5.74, 6) is -4.18. The number of alkyl halides is 8. The molecule has 0 amide bonds. The van der Waals surface area contributed by atoms with Crippen LogP contribution in [-0.4, -0.2) is 29.2 Å². The molecule has 0 saturated heterocycles. The highest BCUT2D eigenvalue weighted by molar-refractivity contribution is 9.11. The highest BCUT2D eigenvalue weighted by Gasteiger charge is 2.38. The number of hydrogen-bond donors (Lipinski definition) is 0. The van der Waals surface area contributed by atoms with Crippen molar-refractivity contribution in [3.05, 3.63) is 56.5 Å². The van der Waals surface area contributed by atoms with Gasteiger partial charge >= 0.3 is 12.7 Å². The van der Waals surface area contributed by atoms with Crippen molar-refractivity contribution >= 4 is 69.5 Å². The van der Waals surface area contributed by atoms with Crippen molar-refractivity contribution in [3.63, 3.8) is 0 Å². The molecule has 0 radical (unpaired) electrons. The fourth-order valence-electron chi connectivity index (χ4n) is 2.89. The summed E-state index contributed by atoms with van der Waals surface area (Å²) < 4.78 is 86.1. The van der Waals surface area contributed by atoms with Crippen molar-refractivity contribution in [1.82, 2.24) is 0 Å². The molecule has 0 spiro atoms. The van der Waals surface area contributed by atoms with E-state index in [2.05, 4.69) is 73.2 Å². The van der Waals surface area contributed by atoms with Gasteiger partial charge in [0.1, 0.15) is 17.3 Å². The van der Waals surface area contributed by atoms with E-state index in [4.69, 9.17) is 0 Å². The Balaban J connectivity index is 2.55. The number of carbonyl (C=O) groups excluding carboxylic acids is 1. The zero-order valence-corrected chi connectivity index (χ0v) is 21.9. The summed E-state index contributed by atoms with van der Waals surface area (Å²) in [7, 11) is 0. The molecule has 32 heavy (non-hydrogen) atoms. The molecular formula is C19H12Br4F6O3. The molecule has 2 aromatic rings. The lowest BCUT2D eigenvalue weighted by Gasteiger charge is -2.24. The summed E-state index contributed by atoms with van der Waals surface area (Å²) in [6, 6.07) is 7.32. The molecule has 0 heterocycles. The number of halogens is 10. The minimum Gasteiger partial charge on any atom is -0.405 e. The fourth-order valence-corrected chi connectivity index (χ4v) is 4.98. The van der Waals surface area contributed by atoms with Crippen LogP contribution in [0.15, 0.2) is 45.3 Å². The summed E-state index contributed by atoms with van der Waals surface area (Å²) in [6.07, 6.45) is -10.0. The lowest BCUT2D eigenvalue weighted by Crippen LogP contribution is -2.26. The molecule has 0 aromatic heterocycles. The van der Waals surface area contributed by atoms with Gasteiger partial charge in [0, 0.05) is 30.7 Å².